The van der Waals surface area contributed by atoms with E-state index in [2.05, 4.69) is 10.1 Å². The zero-order valence-corrected chi connectivity index (χ0v) is 14.1. The third-order valence-electron chi connectivity index (χ3n) is 3.17. The quantitative estimate of drug-likeness (QED) is 0.762. The van der Waals surface area contributed by atoms with Gasteiger partial charge >= 0.3 is 12.1 Å². The van der Waals surface area contributed by atoms with Crippen LogP contribution in [-0.2, 0) is 6.42 Å². The topological polar surface area (TPSA) is 88.8 Å². The van der Waals surface area contributed by atoms with Crippen LogP contribution in [0.15, 0.2) is 28.7 Å². The molecule has 0 atom stereocenters. The van der Waals surface area contributed by atoms with E-state index in [-0.39, 0.29) is 40.0 Å². The maximum absolute atomic E-state index is 12.3. The second-order valence-electron chi connectivity index (χ2n) is 5.10. The molecular weight excluding hydrogens is 379 g/mol. The van der Waals surface area contributed by atoms with Crippen LogP contribution >= 0.6 is 11.6 Å². The molecule has 1 aromatic carbocycles. The molecule has 0 aliphatic carbocycles. The number of amides is 1. The van der Waals surface area contributed by atoms with Gasteiger partial charge in [-0.25, -0.2) is 4.79 Å². The number of anilines is 1. The molecule has 0 bridgehead atoms. The lowest BCUT2D eigenvalue weighted by atomic mass is 10.2. The number of benzene rings is 1. The van der Waals surface area contributed by atoms with Gasteiger partial charge in [-0.2, -0.15) is 13.2 Å². The molecule has 1 aromatic heterocycles. The summed E-state index contributed by atoms with van der Waals surface area (Å²) in [4.78, 5) is 23.4. The number of carboxylic acid groups (broad SMARTS) is 1. The van der Waals surface area contributed by atoms with Gasteiger partial charge < -0.3 is 19.6 Å². The zero-order valence-electron chi connectivity index (χ0n) is 13.3. The second kappa shape index (κ2) is 7.69. The minimum absolute atomic E-state index is 0.0741. The van der Waals surface area contributed by atoms with Gasteiger partial charge in [-0.15, -0.1) is 0 Å². The van der Waals surface area contributed by atoms with Crippen molar-refractivity contribution in [3.8, 4) is 5.75 Å². The minimum atomic E-state index is -4.57. The van der Waals surface area contributed by atoms with Crippen molar-refractivity contribution in [3.05, 3.63) is 46.4 Å². The first-order chi connectivity index (χ1) is 12.1. The van der Waals surface area contributed by atoms with Gasteiger partial charge in [0.25, 0.3) is 5.91 Å². The number of alkyl halides is 3. The van der Waals surface area contributed by atoms with Crippen molar-refractivity contribution < 1.29 is 37.0 Å². The molecule has 26 heavy (non-hydrogen) atoms. The van der Waals surface area contributed by atoms with Crippen LogP contribution in [0.2, 0.25) is 5.02 Å². The summed E-state index contributed by atoms with van der Waals surface area (Å²) in [5, 5.41) is 11.5. The van der Waals surface area contributed by atoms with Crippen molar-refractivity contribution in [1.29, 1.82) is 0 Å². The molecule has 2 rings (SSSR count). The van der Waals surface area contributed by atoms with E-state index in [4.69, 9.17) is 21.1 Å². The Morgan fingerprint density at radius 3 is 2.54 bits per heavy atom. The number of aryl methyl sites for hydroxylation is 1. The van der Waals surface area contributed by atoms with Gasteiger partial charge in [-0.1, -0.05) is 18.5 Å². The molecule has 0 spiro atoms. The van der Waals surface area contributed by atoms with Crippen LogP contribution in [0.25, 0.3) is 0 Å². The number of ether oxygens (including phenoxy) is 1. The standard InChI is InChI=1S/C16H13ClF3NO5/c1-2-11-9(15(23)24)6-13(26-11)14(22)21-10-4-3-8(17)5-12(10)25-7-16(18,19)20/h3-6H,2,7H2,1H3,(H,21,22)(H,23,24). The number of carbonyl (C=O) groups excluding carboxylic acids is 1. The lowest BCUT2D eigenvalue weighted by Gasteiger charge is -2.13. The zero-order chi connectivity index (χ0) is 19.5. The summed E-state index contributed by atoms with van der Waals surface area (Å²) < 4.78 is 46.9. The van der Waals surface area contributed by atoms with Crippen molar-refractivity contribution in [3.63, 3.8) is 0 Å². The molecule has 6 nitrogen and oxygen atoms in total. The maximum atomic E-state index is 12.3. The monoisotopic (exact) mass is 391 g/mol. The summed E-state index contributed by atoms with van der Waals surface area (Å²) in [5.41, 5.74) is -0.239. The van der Waals surface area contributed by atoms with E-state index in [1.807, 2.05) is 0 Å². The summed E-state index contributed by atoms with van der Waals surface area (Å²) in [7, 11) is 0. The Bertz CT molecular complexity index is 832. The van der Waals surface area contributed by atoms with Gasteiger partial charge in [0, 0.05) is 23.6 Å². The average Bonchev–Trinajstić information content (AvgIpc) is 2.99. The first-order valence-electron chi connectivity index (χ1n) is 7.27. The number of aromatic carboxylic acids is 1. The third-order valence-corrected chi connectivity index (χ3v) is 3.40. The second-order valence-corrected chi connectivity index (χ2v) is 5.54. The number of rotatable bonds is 6. The largest absolute Gasteiger partial charge is 0.482 e. The fourth-order valence-corrected chi connectivity index (χ4v) is 2.21. The van der Waals surface area contributed by atoms with Gasteiger partial charge in [0.05, 0.1) is 5.69 Å². The van der Waals surface area contributed by atoms with E-state index in [0.717, 1.165) is 12.1 Å². The highest BCUT2D eigenvalue weighted by molar-refractivity contribution is 6.30. The van der Waals surface area contributed by atoms with E-state index < -0.39 is 24.7 Å². The molecule has 2 N–H and O–H groups in total. The first-order valence-corrected chi connectivity index (χ1v) is 7.65. The molecule has 0 saturated heterocycles. The van der Waals surface area contributed by atoms with Crippen LogP contribution in [0.3, 0.4) is 0 Å². The van der Waals surface area contributed by atoms with Gasteiger partial charge in [-0.05, 0) is 12.1 Å². The van der Waals surface area contributed by atoms with Crippen LogP contribution in [0, 0.1) is 0 Å². The molecule has 1 amide bonds. The summed E-state index contributed by atoms with van der Waals surface area (Å²) in [6, 6.07) is 4.77. The molecular formula is C16H13ClF3NO5. The van der Waals surface area contributed by atoms with Crippen LogP contribution < -0.4 is 10.1 Å². The molecule has 0 fully saturated rings. The lowest BCUT2D eigenvalue weighted by Crippen LogP contribution is -2.20. The molecule has 1 heterocycles. The van der Waals surface area contributed by atoms with Gasteiger partial charge in [0.1, 0.15) is 17.1 Å². The third kappa shape index (κ3) is 4.92. The number of hydrogen-bond donors (Lipinski definition) is 2. The SMILES string of the molecule is CCc1oc(C(=O)Nc2ccc(Cl)cc2OCC(F)(F)F)cc1C(=O)O. The molecule has 0 aliphatic rings. The van der Waals surface area contributed by atoms with E-state index >= 15 is 0 Å². The first kappa shape index (κ1) is 19.6. The van der Waals surface area contributed by atoms with E-state index in [9.17, 15) is 22.8 Å². The number of carbonyl (C=O) groups is 2. The van der Waals surface area contributed by atoms with Gasteiger partial charge in [-0.3, -0.25) is 4.79 Å². The smallest absolute Gasteiger partial charge is 0.422 e. The number of nitrogens with one attached hydrogen (secondary N) is 1. The molecule has 0 saturated carbocycles. The Hall–Kier alpha value is -2.68. The predicted octanol–water partition coefficient (Wildman–Crippen LogP) is 4.39. The highest BCUT2D eigenvalue weighted by Gasteiger charge is 2.29. The Morgan fingerprint density at radius 1 is 1.31 bits per heavy atom. The van der Waals surface area contributed by atoms with Crippen LogP contribution in [0.5, 0.6) is 5.75 Å². The van der Waals surface area contributed by atoms with Crippen molar-refractivity contribution in [2.45, 2.75) is 19.5 Å². The lowest BCUT2D eigenvalue weighted by molar-refractivity contribution is -0.153. The van der Waals surface area contributed by atoms with Crippen molar-refractivity contribution in [2.75, 3.05) is 11.9 Å². The summed E-state index contributed by atoms with van der Waals surface area (Å²) in [6.45, 7) is 0.0787. The average molecular weight is 392 g/mol. The number of hydrogen-bond acceptors (Lipinski definition) is 4. The molecule has 0 radical (unpaired) electrons. The molecule has 0 unspecified atom stereocenters. The van der Waals surface area contributed by atoms with Crippen molar-refractivity contribution in [2.24, 2.45) is 0 Å². The fourth-order valence-electron chi connectivity index (χ4n) is 2.05. The Morgan fingerprint density at radius 2 is 2.00 bits per heavy atom. The number of halogens is 4. The molecule has 10 heteroatoms. The molecule has 140 valence electrons. The van der Waals surface area contributed by atoms with E-state index in [1.54, 1.807) is 6.92 Å². The maximum Gasteiger partial charge on any atom is 0.422 e. The Labute approximate surface area is 150 Å². The minimum Gasteiger partial charge on any atom is -0.482 e. The summed E-state index contributed by atoms with van der Waals surface area (Å²) in [5.74, 6) is -2.58. The highest BCUT2D eigenvalue weighted by atomic mass is 35.5. The number of carboxylic acids is 1. The van der Waals surface area contributed by atoms with E-state index in [1.165, 1.54) is 12.1 Å². The van der Waals surface area contributed by atoms with Crippen LogP contribution in [0.1, 0.15) is 33.6 Å². The van der Waals surface area contributed by atoms with E-state index in [0.29, 0.717) is 0 Å². The highest BCUT2D eigenvalue weighted by Crippen LogP contribution is 2.30. The molecule has 2 aromatic rings. The van der Waals surface area contributed by atoms with Crippen LogP contribution in [-0.4, -0.2) is 29.8 Å². The number of furan rings is 1. The summed E-state index contributed by atoms with van der Waals surface area (Å²) >= 11 is 5.74. The Balaban J connectivity index is 2.25. The van der Waals surface area contributed by atoms with Crippen LogP contribution in [0.4, 0.5) is 18.9 Å². The fraction of sp³-hybridized carbons (Fsp3) is 0.250. The van der Waals surface area contributed by atoms with Crippen molar-refractivity contribution in [1.82, 2.24) is 0 Å². The normalized spacial score (nSPS) is 11.3. The Kier molecular flexibility index (Phi) is 5.81. The predicted molar refractivity (Wildman–Crippen MR) is 86.0 cm³/mol. The summed E-state index contributed by atoms with van der Waals surface area (Å²) in [6.07, 6.45) is -4.33. The van der Waals surface area contributed by atoms with Gasteiger partial charge in [0.15, 0.2) is 12.4 Å². The molecule has 0 aliphatic heterocycles. The van der Waals surface area contributed by atoms with Gasteiger partial charge in [0.2, 0.25) is 0 Å². The van der Waals surface area contributed by atoms with Crippen molar-refractivity contribution >= 4 is 29.2 Å².